The fourth-order valence-corrected chi connectivity index (χ4v) is 3.44. The third-order valence-corrected chi connectivity index (χ3v) is 4.73. The van der Waals surface area contributed by atoms with Crippen LogP contribution in [0.3, 0.4) is 0 Å². The van der Waals surface area contributed by atoms with E-state index in [1.807, 2.05) is 6.08 Å². The molecule has 0 amide bonds. The van der Waals surface area contributed by atoms with E-state index < -0.39 is 5.60 Å². The molecular weight excluding hydrogens is 317 g/mol. The molecule has 1 aromatic heterocycles. The molecule has 2 aromatic rings. The Labute approximate surface area is 138 Å². The Morgan fingerprint density at radius 1 is 1.35 bits per heavy atom. The summed E-state index contributed by atoms with van der Waals surface area (Å²) >= 11 is 6.36. The van der Waals surface area contributed by atoms with E-state index in [0.717, 1.165) is 29.0 Å². The minimum atomic E-state index is -0.567. The zero-order valence-corrected chi connectivity index (χ0v) is 13.1. The van der Waals surface area contributed by atoms with Gasteiger partial charge >= 0.3 is 0 Å². The summed E-state index contributed by atoms with van der Waals surface area (Å²) in [7, 11) is 0. The highest BCUT2D eigenvalue weighted by Crippen LogP contribution is 2.53. The lowest BCUT2D eigenvalue weighted by Gasteiger charge is -2.16. The highest BCUT2D eigenvalue weighted by molar-refractivity contribution is 6.31. The van der Waals surface area contributed by atoms with Gasteiger partial charge in [-0.15, -0.1) is 0 Å². The van der Waals surface area contributed by atoms with Crippen molar-refractivity contribution in [3.05, 3.63) is 71.1 Å². The second-order valence-electron chi connectivity index (χ2n) is 5.80. The van der Waals surface area contributed by atoms with E-state index in [9.17, 15) is 4.39 Å². The predicted molar refractivity (Wildman–Crippen MR) is 84.2 cm³/mol. The van der Waals surface area contributed by atoms with Crippen molar-refractivity contribution in [2.45, 2.75) is 31.1 Å². The van der Waals surface area contributed by atoms with Crippen molar-refractivity contribution in [1.29, 1.82) is 0 Å². The minimum absolute atomic E-state index is 0.116. The van der Waals surface area contributed by atoms with E-state index in [1.165, 1.54) is 18.5 Å². The molecule has 2 heterocycles. The fourth-order valence-electron chi connectivity index (χ4n) is 3.16. The van der Waals surface area contributed by atoms with E-state index in [0.29, 0.717) is 6.54 Å². The van der Waals surface area contributed by atoms with Crippen molar-refractivity contribution in [1.82, 2.24) is 14.8 Å². The smallest absolute Gasteiger partial charge is 0.144 e. The first kappa shape index (κ1) is 14.6. The van der Waals surface area contributed by atoms with Crippen LogP contribution in [0.5, 0.6) is 0 Å². The lowest BCUT2D eigenvalue weighted by Crippen LogP contribution is -2.22. The second-order valence-corrected chi connectivity index (χ2v) is 6.21. The van der Waals surface area contributed by atoms with Gasteiger partial charge in [-0.05, 0) is 42.2 Å². The summed E-state index contributed by atoms with van der Waals surface area (Å²) < 4.78 is 21.1. The van der Waals surface area contributed by atoms with Crippen molar-refractivity contribution in [3.8, 4) is 0 Å². The lowest BCUT2D eigenvalue weighted by molar-refractivity contribution is 0.264. The largest absolute Gasteiger partial charge is 0.354 e. The number of hydrogen-bond donors (Lipinski definition) is 0. The first-order valence-corrected chi connectivity index (χ1v) is 7.88. The van der Waals surface area contributed by atoms with Crippen LogP contribution in [0.25, 0.3) is 0 Å². The number of nitrogens with zero attached hydrogens (tertiary/aromatic N) is 3. The Morgan fingerprint density at radius 3 is 2.87 bits per heavy atom. The minimum Gasteiger partial charge on any atom is -0.354 e. The molecule has 4 nitrogen and oxygen atoms in total. The van der Waals surface area contributed by atoms with Gasteiger partial charge in [-0.3, -0.25) is 0 Å². The summed E-state index contributed by atoms with van der Waals surface area (Å²) in [4.78, 5) is 3.98. The van der Waals surface area contributed by atoms with Crippen LogP contribution in [0.4, 0.5) is 4.39 Å². The number of allylic oxidation sites excluding steroid dienone is 3. The molecule has 1 fully saturated rings. The molecule has 0 bridgehead atoms. The summed E-state index contributed by atoms with van der Waals surface area (Å²) in [5, 5.41) is 4.91. The monoisotopic (exact) mass is 331 g/mol. The summed E-state index contributed by atoms with van der Waals surface area (Å²) in [5.41, 5.74) is 1.45. The van der Waals surface area contributed by atoms with Gasteiger partial charge in [-0.1, -0.05) is 29.8 Å². The summed E-state index contributed by atoms with van der Waals surface area (Å²) in [6.45, 7) is 0.515. The normalized spacial score (nSPS) is 26.6. The van der Waals surface area contributed by atoms with Crippen LogP contribution in [0.2, 0.25) is 0 Å². The van der Waals surface area contributed by atoms with Crippen LogP contribution in [0.15, 0.2) is 59.7 Å². The standard InChI is InChI=1S/C17H15ClFN3O/c18-15-4-2-1-3-14(15)16-17(23-16,9-22-11-20-10-21-22)12-5-7-13(19)8-6-12/h2,4-8,10-11,16H,1,3,9H2/t16?,17-/m1/s1. The Morgan fingerprint density at radius 2 is 2.17 bits per heavy atom. The molecular formula is C17H15ClFN3O. The molecule has 1 aromatic carbocycles. The van der Waals surface area contributed by atoms with Gasteiger partial charge in [0.25, 0.3) is 0 Å². The molecule has 2 atom stereocenters. The summed E-state index contributed by atoms with van der Waals surface area (Å²) in [6.07, 6.45) is 8.84. The van der Waals surface area contributed by atoms with Crippen molar-refractivity contribution in [3.63, 3.8) is 0 Å². The van der Waals surface area contributed by atoms with Crippen molar-refractivity contribution in [2.75, 3.05) is 0 Å². The first-order chi connectivity index (χ1) is 11.2. The Kier molecular flexibility index (Phi) is 3.54. The van der Waals surface area contributed by atoms with Gasteiger partial charge in [0.2, 0.25) is 0 Å². The average Bonchev–Trinajstić information content (AvgIpc) is 3.02. The maximum absolute atomic E-state index is 13.3. The summed E-state index contributed by atoms with van der Waals surface area (Å²) in [5.74, 6) is -0.264. The Hall–Kier alpha value is -1.98. The zero-order chi connectivity index (χ0) is 15.9. The van der Waals surface area contributed by atoms with E-state index in [4.69, 9.17) is 16.3 Å². The maximum Gasteiger partial charge on any atom is 0.144 e. The fraction of sp³-hybridized carbons (Fsp3) is 0.294. The Balaban J connectivity index is 1.71. The number of aromatic nitrogens is 3. The molecule has 1 aliphatic carbocycles. The van der Waals surface area contributed by atoms with Crippen LogP contribution in [0, 0.1) is 5.82 Å². The molecule has 0 N–H and O–H groups in total. The molecule has 2 aliphatic rings. The highest BCUT2D eigenvalue weighted by atomic mass is 35.5. The van der Waals surface area contributed by atoms with Gasteiger partial charge in [0.15, 0.2) is 0 Å². The molecule has 0 spiro atoms. The number of ether oxygens (including phenoxy) is 1. The maximum atomic E-state index is 13.3. The molecule has 0 radical (unpaired) electrons. The average molecular weight is 332 g/mol. The third-order valence-electron chi connectivity index (χ3n) is 4.36. The molecule has 6 heteroatoms. The summed E-state index contributed by atoms with van der Waals surface area (Å²) in [6, 6.07) is 6.43. The SMILES string of the molecule is Fc1ccc([C@@]2(Cn3cncn3)OC2C2=C(Cl)C=CCC2)cc1. The predicted octanol–water partition coefficient (Wildman–Crippen LogP) is 3.55. The molecule has 0 saturated carbocycles. The topological polar surface area (TPSA) is 43.2 Å². The molecule has 4 rings (SSSR count). The molecule has 23 heavy (non-hydrogen) atoms. The van der Waals surface area contributed by atoms with Crippen LogP contribution in [0.1, 0.15) is 18.4 Å². The van der Waals surface area contributed by atoms with Gasteiger partial charge in [0.1, 0.15) is 30.2 Å². The molecule has 1 saturated heterocycles. The van der Waals surface area contributed by atoms with Crippen LogP contribution >= 0.6 is 11.6 Å². The van der Waals surface area contributed by atoms with Crippen LogP contribution in [-0.2, 0) is 16.9 Å². The quantitative estimate of drug-likeness (QED) is 0.805. The second kappa shape index (κ2) is 5.58. The van der Waals surface area contributed by atoms with Crippen LogP contribution < -0.4 is 0 Å². The number of epoxide rings is 1. The van der Waals surface area contributed by atoms with E-state index in [-0.39, 0.29) is 11.9 Å². The van der Waals surface area contributed by atoms with Gasteiger partial charge < -0.3 is 4.74 Å². The number of rotatable bonds is 4. The highest BCUT2D eigenvalue weighted by Gasteiger charge is 2.60. The van der Waals surface area contributed by atoms with Gasteiger partial charge in [0, 0.05) is 5.03 Å². The van der Waals surface area contributed by atoms with Gasteiger partial charge in [-0.2, -0.15) is 5.10 Å². The molecule has 1 aliphatic heterocycles. The number of benzene rings is 1. The Bertz CT molecular complexity index is 770. The lowest BCUT2D eigenvalue weighted by atomic mass is 9.88. The van der Waals surface area contributed by atoms with E-state index >= 15 is 0 Å². The number of halogens is 2. The van der Waals surface area contributed by atoms with Crippen molar-refractivity contribution < 1.29 is 9.13 Å². The van der Waals surface area contributed by atoms with Crippen LogP contribution in [-0.4, -0.2) is 20.9 Å². The molecule has 1 unspecified atom stereocenters. The van der Waals surface area contributed by atoms with Gasteiger partial charge in [-0.25, -0.2) is 14.1 Å². The van der Waals surface area contributed by atoms with E-state index in [2.05, 4.69) is 16.2 Å². The van der Waals surface area contributed by atoms with Crippen molar-refractivity contribution >= 4 is 11.6 Å². The van der Waals surface area contributed by atoms with Gasteiger partial charge in [0.05, 0.1) is 6.54 Å². The first-order valence-electron chi connectivity index (χ1n) is 7.50. The molecule has 118 valence electrons. The number of hydrogen-bond acceptors (Lipinski definition) is 3. The zero-order valence-electron chi connectivity index (χ0n) is 12.3. The third kappa shape index (κ3) is 2.60. The van der Waals surface area contributed by atoms with Crippen molar-refractivity contribution in [2.24, 2.45) is 0 Å². The van der Waals surface area contributed by atoms with E-state index in [1.54, 1.807) is 23.1 Å².